The molecule has 0 aliphatic carbocycles. The van der Waals surface area contributed by atoms with Crippen LogP contribution in [0, 0.1) is 0 Å². The van der Waals surface area contributed by atoms with E-state index in [1.165, 1.54) is 0 Å². The van der Waals surface area contributed by atoms with Gasteiger partial charge in [0.25, 0.3) is 0 Å². The lowest BCUT2D eigenvalue weighted by molar-refractivity contribution is 0.0398. The van der Waals surface area contributed by atoms with Gasteiger partial charge in [-0.05, 0) is 6.07 Å². The number of hydrogen-bond acceptors (Lipinski definition) is 6. The van der Waals surface area contributed by atoms with Crippen molar-refractivity contribution in [2.24, 2.45) is 0 Å². The van der Waals surface area contributed by atoms with E-state index in [1.54, 1.807) is 18.4 Å². The largest absolute Gasteiger partial charge is 0.495 e. The first-order chi connectivity index (χ1) is 10.3. The van der Waals surface area contributed by atoms with Gasteiger partial charge in [0.05, 0.1) is 35.6 Å². The average molecular weight is 328 g/mol. The minimum Gasteiger partial charge on any atom is -0.495 e. The summed E-state index contributed by atoms with van der Waals surface area (Å²) in [4.78, 5) is 6.95. The molecule has 0 saturated carbocycles. The maximum Gasteiger partial charge on any atom is 0.183 e. The Hall–Kier alpha value is -1.08. The lowest BCUT2D eigenvalue weighted by Crippen LogP contribution is -2.38. The summed E-state index contributed by atoms with van der Waals surface area (Å²) < 4.78 is 11.6. The molecule has 7 heteroatoms. The van der Waals surface area contributed by atoms with Crippen molar-refractivity contribution in [3.63, 3.8) is 0 Å². The van der Waals surface area contributed by atoms with Crippen LogP contribution < -0.4 is 10.1 Å². The van der Waals surface area contributed by atoms with Crippen molar-refractivity contribution in [3.8, 4) is 5.75 Å². The highest BCUT2D eigenvalue weighted by atomic mass is 35.5. The van der Waals surface area contributed by atoms with Gasteiger partial charge in [-0.15, -0.1) is 0 Å². The zero-order valence-corrected chi connectivity index (χ0v) is 13.5. The molecule has 0 atom stereocenters. The van der Waals surface area contributed by atoms with E-state index in [0.717, 1.165) is 54.7 Å². The first-order valence-electron chi connectivity index (χ1n) is 6.94. The van der Waals surface area contributed by atoms with Crippen molar-refractivity contribution < 1.29 is 9.47 Å². The Bertz CT molecular complexity index is 614. The van der Waals surface area contributed by atoms with Gasteiger partial charge in [0.2, 0.25) is 0 Å². The summed E-state index contributed by atoms with van der Waals surface area (Å²) in [6.45, 7) is 5.57. The van der Waals surface area contributed by atoms with E-state index >= 15 is 0 Å². The number of nitrogens with zero attached hydrogens (tertiary/aromatic N) is 2. The highest BCUT2D eigenvalue weighted by Crippen LogP contribution is 2.34. The van der Waals surface area contributed by atoms with E-state index in [1.807, 2.05) is 12.1 Å². The van der Waals surface area contributed by atoms with E-state index in [-0.39, 0.29) is 0 Å². The van der Waals surface area contributed by atoms with E-state index in [9.17, 15) is 0 Å². The van der Waals surface area contributed by atoms with E-state index in [2.05, 4.69) is 15.2 Å². The molecule has 1 aromatic heterocycles. The second-order valence-electron chi connectivity index (χ2n) is 4.85. The monoisotopic (exact) mass is 327 g/mol. The lowest BCUT2D eigenvalue weighted by atomic mass is 10.3. The first kappa shape index (κ1) is 14.8. The Labute approximate surface area is 132 Å². The zero-order chi connectivity index (χ0) is 14.7. The van der Waals surface area contributed by atoms with E-state index in [0.29, 0.717) is 10.8 Å². The number of nitrogens with one attached hydrogen (secondary N) is 1. The normalized spacial score (nSPS) is 16.3. The first-order valence-corrected chi connectivity index (χ1v) is 8.14. The third-order valence-corrected chi connectivity index (χ3v) is 4.74. The molecule has 1 aliphatic rings. The number of thiazole rings is 1. The molecule has 1 fully saturated rings. The van der Waals surface area contributed by atoms with E-state index in [4.69, 9.17) is 21.1 Å². The number of rotatable bonds is 5. The second-order valence-corrected chi connectivity index (χ2v) is 6.29. The van der Waals surface area contributed by atoms with Crippen LogP contribution >= 0.6 is 22.9 Å². The summed E-state index contributed by atoms with van der Waals surface area (Å²) in [7, 11) is 1.62. The van der Waals surface area contributed by atoms with Gasteiger partial charge in [0, 0.05) is 32.2 Å². The Kier molecular flexibility index (Phi) is 4.80. The molecule has 1 N–H and O–H groups in total. The van der Waals surface area contributed by atoms with Crippen molar-refractivity contribution in [1.82, 2.24) is 9.88 Å². The topological polar surface area (TPSA) is 46.6 Å². The molecule has 1 saturated heterocycles. The zero-order valence-electron chi connectivity index (χ0n) is 11.9. The van der Waals surface area contributed by atoms with Crippen molar-refractivity contribution in [1.29, 1.82) is 0 Å². The molecular formula is C14H18ClN3O2S. The predicted molar refractivity (Wildman–Crippen MR) is 86.9 cm³/mol. The molecular weight excluding hydrogens is 310 g/mol. The van der Waals surface area contributed by atoms with Gasteiger partial charge >= 0.3 is 0 Å². The van der Waals surface area contributed by atoms with Crippen molar-refractivity contribution in [2.75, 3.05) is 51.8 Å². The maximum atomic E-state index is 6.12. The minimum absolute atomic E-state index is 0.593. The van der Waals surface area contributed by atoms with Gasteiger partial charge in [-0.25, -0.2) is 4.98 Å². The number of hydrogen-bond donors (Lipinski definition) is 1. The highest BCUT2D eigenvalue weighted by molar-refractivity contribution is 7.22. The van der Waals surface area contributed by atoms with Crippen LogP contribution in [0.15, 0.2) is 12.1 Å². The van der Waals surface area contributed by atoms with E-state index < -0.39 is 0 Å². The Morgan fingerprint density at radius 1 is 1.43 bits per heavy atom. The minimum atomic E-state index is 0.593. The van der Waals surface area contributed by atoms with Gasteiger partial charge in [0.15, 0.2) is 5.13 Å². The fourth-order valence-corrected chi connectivity index (χ4v) is 3.44. The van der Waals surface area contributed by atoms with Crippen LogP contribution in [0.5, 0.6) is 5.75 Å². The summed E-state index contributed by atoms with van der Waals surface area (Å²) in [5, 5.41) is 4.89. The molecule has 5 nitrogen and oxygen atoms in total. The average Bonchev–Trinajstić information content (AvgIpc) is 2.89. The Morgan fingerprint density at radius 2 is 2.24 bits per heavy atom. The quantitative estimate of drug-likeness (QED) is 0.915. The van der Waals surface area contributed by atoms with Gasteiger partial charge < -0.3 is 14.8 Å². The van der Waals surface area contributed by atoms with Crippen LogP contribution in [-0.4, -0.2) is 56.4 Å². The third-order valence-electron chi connectivity index (χ3n) is 3.47. The molecule has 2 heterocycles. The molecule has 114 valence electrons. The molecule has 0 radical (unpaired) electrons. The molecule has 1 aliphatic heterocycles. The predicted octanol–water partition coefficient (Wildman–Crippen LogP) is 2.70. The molecule has 3 rings (SSSR count). The number of halogens is 1. The summed E-state index contributed by atoms with van der Waals surface area (Å²) in [6, 6.07) is 3.78. The van der Waals surface area contributed by atoms with Gasteiger partial charge in [-0.1, -0.05) is 22.9 Å². The SMILES string of the molecule is COc1cc2sc(NCCN3CCOCC3)nc2cc1Cl. The van der Waals surface area contributed by atoms with Crippen molar-refractivity contribution >= 4 is 38.3 Å². The van der Waals surface area contributed by atoms with Crippen LogP contribution in [0.4, 0.5) is 5.13 Å². The fraction of sp³-hybridized carbons (Fsp3) is 0.500. The molecule has 0 unspecified atom stereocenters. The van der Waals surface area contributed by atoms with Gasteiger partial charge in [0.1, 0.15) is 5.75 Å². The standard InChI is InChI=1S/C14H18ClN3O2S/c1-19-12-9-13-11(8-10(12)15)17-14(21-13)16-2-3-18-4-6-20-7-5-18/h8-9H,2-7H2,1H3,(H,16,17). The maximum absolute atomic E-state index is 6.12. The number of fused-ring (bicyclic) bond motifs is 1. The third kappa shape index (κ3) is 3.58. The molecule has 21 heavy (non-hydrogen) atoms. The molecule has 1 aromatic carbocycles. The lowest BCUT2D eigenvalue weighted by Gasteiger charge is -2.26. The highest BCUT2D eigenvalue weighted by Gasteiger charge is 2.11. The summed E-state index contributed by atoms with van der Waals surface area (Å²) in [5.74, 6) is 0.688. The Balaban J connectivity index is 1.61. The van der Waals surface area contributed by atoms with Crippen LogP contribution in [-0.2, 0) is 4.74 Å². The molecule has 0 bridgehead atoms. The van der Waals surface area contributed by atoms with Gasteiger partial charge in [-0.3, -0.25) is 4.90 Å². The summed E-state index contributed by atoms with van der Waals surface area (Å²) >= 11 is 7.74. The number of benzene rings is 1. The number of ether oxygens (including phenoxy) is 2. The molecule has 0 spiro atoms. The number of methoxy groups -OCH3 is 1. The fourth-order valence-electron chi connectivity index (χ4n) is 2.31. The number of aromatic nitrogens is 1. The van der Waals surface area contributed by atoms with Crippen molar-refractivity contribution in [3.05, 3.63) is 17.2 Å². The molecule has 0 amide bonds. The number of morpholine rings is 1. The summed E-state index contributed by atoms with van der Waals surface area (Å²) in [5.41, 5.74) is 0.902. The Morgan fingerprint density at radius 3 is 3.00 bits per heavy atom. The second kappa shape index (κ2) is 6.79. The smallest absolute Gasteiger partial charge is 0.183 e. The summed E-state index contributed by atoms with van der Waals surface area (Å²) in [6.07, 6.45) is 0. The molecule has 2 aromatic rings. The van der Waals surface area contributed by atoms with Crippen LogP contribution in [0.2, 0.25) is 5.02 Å². The number of anilines is 1. The van der Waals surface area contributed by atoms with Crippen LogP contribution in [0.1, 0.15) is 0 Å². The van der Waals surface area contributed by atoms with Crippen LogP contribution in [0.25, 0.3) is 10.2 Å². The van der Waals surface area contributed by atoms with Crippen molar-refractivity contribution in [2.45, 2.75) is 0 Å². The van der Waals surface area contributed by atoms with Gasteiger partial charge in [-0.2, -0.15) is 0 Å². The van der Waals surface area contributed by atoms with Crippen LogP contribution in [0.3, 0.4) is 0 Å².